The van der Waals surface area contributed by atoms with E-state index in [1.54, 1.807) is 0 Å². The molecule has 3 nitrogen and oxygen atoms in total. The predicted molar refractivity (Wildman–Crippen MR) is 95.8 cm³/mol. The van der Waals surface area contributed by atoms with Crippen molar-refractivity contribution in [3.8, 4) is 0 Å². The molecule has 2 rings (SSSR count). The number of nitrogens with one attached hydrogen (secondary N) is 1. The molecule has 5 heteroatoms. The highest BCUT2D eigenvalue weighted by Crippen LogP contribution is 2.16. The van der Waals surface area contributed by atoms with Gasteiger partial charge in [0.05, 0.1) is 12.6 Å². The lowest BCUT2D eigenvalue weighted by Gasteiger charge is -2.19. The molecule has 23 heavy (non-hydrogen) atoms. The Morgan fingerprint density at radius 3 is 2.48 bits per heavy atom. The van der Waals surface area contributed by atoms with Crippen LogP contribution in [-0.4, -0.2) is 24.4 Å². The second-order valence-electron chi connectivity index (χ2n) is 5.64. The fourth-order valence-corrected chi connectivity index (χ4v) is 2.71. The van der Waals surface area contributed by atoms with Gasteiger partial charge in [0.2, 0.25) is 5.91 Å². The maximum absolute atomic E-state index is 12.2. The van der Waals surface area contributed by atoms with E-state index in [0.29, 0.717) is 23.1 Å². The highest BCUT2D eigenvalue weighted by Gasteiger charge is 2.12. The second kappa shape index (κ2) is 8.34. The normalized spacial score (nSPS) is 12.2. The van der Waals surface area contributed by atoms with Crippen molar-refractivity contribution in [2.24, 2.45) is 0 Å². The first-order chi connectivity index (χ1) is 10.9. The lowest BCUT2D eigenvalue weighted by Crippen LogP contribution is -2.36. The van der Waals surface area contributed by atoms with Gasteiger partial charge in [-0.25, -0.2) is 0 Å². The summed E-state index contributed by atoms with van der Waals surface area (Å²) in [4.78, 5) is 14.1. The van der Waals surface area contributed by atoms with Crippen LogP contribution in [0.4, 0.5) is 0 Å². The molecule has 1 amide bonds. The number of hydrogen-bond acceptors (Lipinski definition) is 2. The molecule has 0 radical (unpaired) electrons. The Bertz CT molecular complexity index is 658. The van der Waals surface area contributed by atoms with Crippen molar-refractivity contribution in [3.63, 3.8) is 0 Å². The van der Waals surface area contributed by atoms with Crippen molar-refractivity contribution >= 4 is 29.1 Å². The average Bonchev–Trinajstić information content (AvgIpc) is 2.47. The Morgan fingerprint density at radius 2 is 1.83 bits per heavy atom. The van der Waals surface area contributed by atoms with Crippen LogP contribution in [-0.2, 0) is 11.3 Å². The van der Waals surface area contributed by atoms with Crippen LogP contribution >= 0.6 is 23.2 Å². The third-order valence-electron chi connectivity index (χ3n) is 3.50. The maximum Gasteiger partial charge on any atom is 0.234 e. The first-order valence-corrected chi connectivity index (χ1v) is 8.17. The molecule has 1 atom stereocenters. The fraction of sp³-hybridized carbons (Fsp3) is 0.278. The van der Waals surface area contributed by atoms with Gasteiger partial charge >= 0.3 is 0 Å². The number of rotatable bonds is 6. The van der Waals surface area contributed by atoms with Crippen molar-refractivity contribution in [2.75, 3.05) is 13.6 Å². The molecule has 2 aromatic rings. The number of nitrogens with zero attached hydrogens (tertiary/aromatic N) is 1. The Morgan fingerprint density at radius 1 is 1.13 bits per heavy atom. The third-order valence-corrected chi connectivity index (χ3v) is 3.99. The molecular formula is C18H20Cl2N2O. The first-order valence-electron chi connectivity index (χ1n) is 7.42. The minimum atomic E-state index is -0.0562. The number of likely N-dealkylation sites (N-methyl/N-ethyl adjacent to an activating group) is 1. The molecule has 0 aliphatic rings. The number of benzene rings is 2. The number of amides is 1. The molecule has 0 aliphatic carbocycles. The summed E-state index contributed by atoms with van der Waals surface area (Å²) in [5, 5.41) is 4.39. The quantitative estimate of drug-likeness (QED) is 0.842. The summed E-state index contributed by atoms with van der Waals surface area (Å²) in [6.45, 7) is 2.95. The molecule has 0 bridgehead atoms. The second-order valence-corrected chi connectivity index (χ2v) is 6.52. The van der Waals surface area contributed by atoms with E-state index in [1.807, 2.05) is 67.4 Å². The minimum absolute atomic E-state index is 0.0167. The van der Waals surface area contributed by atoms with Gasteiger partial charge in [0.1, 0.15) is 0 Å². The van der Waals surface area contributed by atoms with Gasteiger partial charge in [0.15, 0.2) is 0 Å². The zero-order chi connectivity index (χ0) is 16.8. The van der Waals surface area contributed by atoms with E-state index < -0.39 is 0 Å². The topological polar surface area (TPSA) is 32.3 Å². The van der Waals surface area contributed by atoms with Crippen LogP contribution in [0.3, 0.4) is 0 Å². The van der Waals surface area contributed by atoms with E-state index in [-0.39, 0.29) is 11.9 Å². The zero-order valence-electron chi connectivity index (χ0n) is 13.2. The Kier molecular flexibility index (Phi) is 6.46. The van der Waals surface area contributed by atoms with Crippen molar-refractivity contribution in [2.45, 2.75) is 19.5 Å². The summed E-state index contributed by atoms with van der Waals surface area (Å²) in [5.41, 5.74) is 2.11. The minimum Gasteiger partial charge on any atom is -0.348 e. The summed E-state index contributed by atoms with van der Waals surface area (Å²) >= 11 is 11.9. The molecule has 0 unspecified atom stereocenters. The van der Waals surface area contributed by atoms with Gasteiger partial charge in [0, 0.05) is 16.6 Å². The Balaban J connectivity index is 1.85. The van der Waals surface area contributed by atoms with Crippen LogP contribution in [0.1, 0.15) is 24.1 Å². The van der Waals surface area contributed by atoms with E-state index in [2.05, 4.69) is 5.32 Å². The molecule has 0 heterocycles. The Hall–Kier alpha value is -1.55. The van der Waals surface area contributed by atoms with Crippen molar-refractivity contribution < 1.29 is 4.79 Å². The van der Waals surface area contributed by atoms with Crippen LogP contribution in [0.2, 0.25) is 10.0 Å². The first kappa shape index (κ1) is 17.8. The van der Waals surface area contributed by atoms with Gasteiger partial charge in [-0.15, -0.1) is 0 Å². The largest absolute Gasteiger partial charge is 0.348 e. The lowest BCUT2D eigenvalue weighted by atomic mass is 10.1. The summed E-state index contributed by atoms with van der Waals surface area (Å²) in [5.74, 6) is -0.0167. The third kappa shape index (κ3) is 5.87. The molecule has 0 aliphatic heterocycles. The van der Waals surface area contributed by atoms with E-state index in [4.69, 9.17) is 23.2 Å². The standard InChI is InChI=1S/C18H20Cl2N2O/c1-13(15-6-8-16(19)9-7-15)21-18(23)12-22(2)11-14-4-3-5-17(20)10-14/h3-10,13H,11-12H2,1-2H3,(H,21,23)/t13-/m0/s1. The summed E-state index contributed by atoms with van der Waals surface area (Å²) in [6.07, 6.45) is 0. The molecule has 0 spiro atoms. The average molecular weight is 351 g/mol. The molecule has 0 aromatic heterocycles. The number of carbonyl (C=O) groups excluding carboxylic acids is 1. The van der Waals surface area contributed by atoms with Crippen molar-refractivity contribution in [3.05, 3.63) is 69.7 Å². The molecule has 0 saturated heterocycles. The number of halogens is 2. The molecule has 122 valence electrons. The van der Waals surface area contributed by atoms with Crippen molar-refractivity contribution in [1.29, 1.82) is 0 Å². The highest BCUT2D eigenvalue weighted by molar-refractivity contribution is 6.30. The number of carbonyl (C=O) groups is 1. The zero-order valence-corrected chi connectivity index (χ0v) is 14.7. The molecule has 0 saturated carbocycles. The van der Waals surface area contributed by atoms with Crippen LogP contribution in [0.5, 0.6) is 0 Å². The summed E-state index contributed by atoms with van der Waals surface area (Å²) < 4.78 is 0. The van der Waals surface area contributed by atoms with Crippen LogP contribution in [0.15, 0.2) is 48.5 Å². The highest BCUT2D eigenvalue weighted by atomic mass is 35.5. The van der Waals surface area contributed by atoms with Crippen molar-refractivity contribution in [1.82, 2.24) is 10.2 Å². The van der Waals surface area contributed by atoms with Gasteiger partial charge < -0.3 is 5.32 Å². The maximum atomic E-state index is 12.2. The van der Waals surface area contributed by atoms with Crippen LogP contribution in [0, 0.1) is 0 Å². The molecule has 2 aromatic carbocycles. The monoisotopic (exact) mass is 350 g/mol. The van der Waals surface area contributed by atoms with Gasteiger partial charge in [0.25, 0.3) is 0 Å². The molecule has 0 fully saturated rings. The number of hydrogen-bond donors (Lipinski definition) is 1. The lowest BCUT2D eigenvalue weighted by molar-refractivity contribution is -0.122. The van der Waals surface area contributed by atoms with Crippen LogP contribution in [0.25, 0.3) is 0 Å². The van der Waals surface area contributed by atoms with Gasteiger partial charge in [-0.05, 0) is 49.4 Å². The van der Waals surface area contributed by atoms with E-state index in [1.165, 1.54) is 0 Å². The molecular weight excluding hydrogens is 331 g/mol. The Labute approximate surface area is 147 Å². The summed E-state index contributed by atoms with van der Waals surface area (Å²) in [7, 11) is 1.91. The van der Waals surface area contributed by atoms with Gasteiger partial charge in [-0.1, -0.05) is 47.5 Å². The fourth-order valence-electron chi connectivity index (χ4n) is 2.37. The smallest absolute Gasteiger partial charge is 0.234 e. The van der Waals surface area contributed by atoms with E-state index in [0.717, 1.165) is 11.1 Å². The van der Waals surface area contributed by atoms with E-state index in [9.17, 15) is 4.79 Å². The molecule has 1 N–H and O–H groups in total. The summed E-state index contributed by atoms with van der Waals surface area (Å²) in [6, 6.07) is 15.1. The van der Waals surface area contributed by atoms with Gasteiger partial charge in [-0.3, -0.25) is 9.69 Å². The predicted octanol–water partition coefficient (Wildman–Crippen LogP) is 4.30. The SMILES string of the molecule is C[C@H](NC(=O)CN(C)Cc1cccc(Cl)c1)c1ccc(Cl)cc1. The van der Waals surface area contributed by atoms with Gasteiger partial charge in [-0.2, -0.15) is 0 Å². The van der Waals surface area contributed by atoms with E-state index >= 15 is 0 Å². The van der Waals surface area contributed by atoms with Crippen LogP contribution < -0.4 is 5.32 Å².